The van der Waals surface area contributed by atoms with Gasteiger partial charge in [-0.25, -0.2) is 0 Å². The summed E-state index contributed by atoms with van der Waals surface area (Å²) in [4.78, 5) is 2.73. The van der Waals surface area contributed by atoms with Crippen molar-refractivity contribution >= 4 is 23.2 Å². The molecule has 0 amide bonds. The molecule has 2 aromatic rings. The molecule has 2 N–H and O–H groups in total. The molecule has 0 radical (unpaired) electrons. The van der Waals surface area contributed by atoms with Gasteiger partial charge in [0.1, 0.15) is 0 Å². The van der Waals surface area contributed by atoms with Gasteiger partial charge in [0.25, 0.3) is 0 Å². The van der Waals surface area contributed by atoms with E-state index in [1.807, 2.05) is 0 Å². The fourth-order valence-electron chi connectivity index (χ4n) is 1.24. The van der Waals surface area contributed by atoms with Crippen LogP contribution in [0.3, 0.4) is 0 Å². The summed E-state index contributed by atoms with van der Waals surface area (Å²) in [6.45, 7) is 0. The molecule has 1 aromatic carbocycles. The highest BCUT2D eigenvalue weighted by Gasteiger charge is 2.07. The van der Waals surface area contributed by atoms with E-state index in [0.29, 0.717) is 15.7 Å². The molecule has 0 bridgehead atoms. The van der Waals surface area contributed by atoms with E-state index in [1.165, 1.54) is 0 Å². The van der Waals surface area contributed by atoms with Crippen molar-refractivity contribution < 1.29 is 0 Å². The minimum Gasteiger partial charge on any atom is -0.331 e. The SMILES string of the molecule is N=c1[nH]ccn1-c1c(Cl)cccc1Cl. The summed E-state index contributed by atoms with van der Waals surface area (Å²) in [6, 6.07) is 5.25. The molecule has 0 spiro atoms. The summed E-state index contributed by atoms with van der Waals surface area (Å²) < 4.78 is 1.59. The zero-order valence-corrected chi connectivity index (χ0v) is 8.60. The van der Waals surface area contributed by atoms with E-state index in [-0.39, 0.29) is 5.62 Å². The fourth-order valence-corrected chi connectivity index (χ4v) is 1.82. The van der Waals surface area contributed by atoms with Crippen LogP contribution < -0.4 is 5.62 Å². The Labute approximate surface area is 90.4 Å². The lowest BCUT2D eigenvalue weighted by Crippen LogP contribution is -2.15. The van der Waals surface area contributed by atoms with Crippen molar-refractivity contribution in [3.8, 4) is 5.69 Å². The maximum atomic E-state index is 7.57. The van der Waals surface area contributed by atoms with Gasteiger partial charge >= 0.3 is 0 Å². The van der Waals surface area contributed by atoms with Crippen LogP contribution in [0.1, 0.15) is 0 Å². The van der Waals surface area contributed by atoms with Crippen LogP contribution in [-0.2, 0) is 0 Å². The Morgan fingerprint density at radius 2 is 1.86 bits per heavy atom. The van der Waals surface area contributed by atoms with E-state index in [4.69, 9.17) is 28.6 Å². The average Bonchev–Trinajstić information content (AvgIpc) is 2.52. The van der Waals surface area contributed by atoms with E-state index >= 15 is 0 Å². The van der Waals surface area contributed by atoms with Gasteiger partial charge in [-0.3, -0.25) is 9.98 Å². The first-order valence-corrected chi connectivity index (χ1v) is 4.71. The summed E-state index contributed by atoms with van der Waals surface area (Å²) in [5, 5.41) is 8.62. The highest BCUT2D eigenvalue weighted by Crippen LogP contribution is 2.26. The van der Waals surface area contributed by atoms with Gasteiger partial charge in [-0.15, -0.1) is 0 Å². The first-order valence-electron chi connectivity index (χ1n) is 3.95. The van der Waals surface area contributed by atoms with Crippen LogP contribution in [0.4, 0.5) is 0 Å². The van der Waals surface area contributed by atoms with Crippen LogP contribution in [-0.4, -0.2) is 9.55 Å². The van der Waals surface area contributed by atoms with Gasteiger partial charge in [-0.2, -0.15) is 0 Å². The molecule has 3 nitrogen and oxygen atoms in total. The van der Waals surface area contributed by atoms with E-state index in [1.54, 1.807) is 35.2 Å². The lowest BCUT2D eigenvalue weighted by Gasteiger charge is -2.06. The standard InChI is InChI=1S/C9H7Cl2N3/c10-6-2-1-3-7(11)8(6)14-5-4-13-9(14)12/h1-5H,(H2,12,13). The molecule has 2 rings (SSSR count). The first-order chi connectivity index (χ1) is 6.70. The molecule has 0 fully saturated rings. The molecule has 1 heterocycles. The summed E-state index contributed by atoms with van der Waals surface area (Å²) in [7, 11) is 0. The third-order valence-electron chi connectivity index (χ3n) is 1.86. The monoisotopic (exact) mass is 227 g/mol. The Kier molecular flexibility index (Phi) is 2.35. The number of imidazole rings is 1. The van der Waals surface area contributed by atoms with Crippen molar-refractivity contribution in [3.63, 3.8) is 0 Å². The number of nitrogens with one attached hydrogen (secondary N) is 2. The average molecular weight is 228 g/mol. The van der Waals surface area contributed by atoms with E-state index in [9.17, 15) is 0 Å². The van der Waals surface area contributed by atoms with Gasteiger partial charge in [0.2, 0.25) is 5.62 Å². The lowest BCUT2D eigenvalue weighted by atomic mass is 10.3. The smallest absolute Gasteiger partial charge is 0.204 e. The van der Waals surface area contributed by atoms with E-state index in [0.717, 1.165) is 0 Å². The topological polar surface area (TPSA) is 44.6 Å². The largest absolute Gasteiger partial charge is 0.331 e. The molecular weight excluding hydrogens is 221 g/mol. The highest BCUT2D eigenvalue weighted by atomic mass is 35.5. The lowest BCUT2D eigenvalue weighted by molar-refractivity contribution is 0.908. The Morgan fingerprint density at radius 3 is 2.36 bits per heavy atom. The second-order valence-electron chi connectivity index (χ2n) is 2.75. The van der Waals surface area contributed by atoms with Crippen LogP contribution in [0.15, 0.2) is 30.6 Å². The second-order valence-corrected chi connectivity index (χ2v) is 3.56. The molecule has 0 saturated carbocycles. The second kappa shape index (κ2) is 3.52. The number of aromatic nitrogens is 2. The number of rotatable bonds is 1. The molecule has 1 aromatic heterocycles. The number of hydrogen-bond donors (Lipinski definition) is 2. The van der Waals surface area contributed by atoms with Crippen molar-refractivity contribution in [1.29, 1.82) is 5.41 Å². The number of nitrogens with zero attached hydrogens (tertiary/aromatic N) is 1. The molecule has 0 atom stereocenters. The summed E-state index contributed by atoms with van der Waals surface area (Å²) in [6.07, 6.45) is 3.36. The normalized spacial score (nSPS) is 10.4. The zero-order valence-electron chi connectivity index (χ0n) is 7.09. The van der Waals surface area contributed by atoms with Gasteiger partial charge in [-0.1, -0.05) is 29.3 Å². The van der Waals surface area contributed by atoms with Crippen LogP contribution in [0.5, 0.6) is 0 Å². The molecule has 0 aliphatic heterocycles. The molecular formula is C9H7Cl2N3. The molecule has 0 saturated heterocycles. The number of aromatic amines is 1. The number of hydrogen-bond acceptors (Lipinski definition) is 1. The molecule has 0 aliphatic rings. The summed E-state index contributed by atoms with van der Waals surface area (Å²) in [5.74, 6) is 0. The summed E-state index contributed by atoms with van der Waals surface area (Å²) in [5.41, 5.74) is 0.863. The number of halogens is 2. The Morgan fingerprint density at radius 1 is 1.21 bits per heavy atom. The maximum Gasteiger partial charge on any atom is 0.204 e. The Bertz CT molecular complexity index is 493. The highest BCUT2D eigenvalue weighted by molar-refractivity contribution is 6.37. The molecule has 0 unspecified atom stereocenters. The molecule has 5 heteroatoms. The van der Waals surface area contributed by atoms with Gasteiger partial charge < -0.3 is 4.98 Å². The van der Waals surface area contributed by atoms with E-state index < -0.39 is 0 Å². The van der Waals surface area contributed by atoms with E-state index in [2.05, 4.69) is 4.98 Å². The number of para-hydroxylation sites is 1. The zero-order chi connectivity index (χ0) is 10.1. The molecule has 72 valence electrons. The predicted molar refractivity (Wildman–Crippen MR) is 56.0 cm³/mol. The van der Waals surface area contributed by atoms with Crippen LogP contribution in [0.2, 0.25) is 10.0 Å². The van der Waals surface area contributed by atoms with Gasteiger partial charge in [0.05, 0.1) is 15.7 Å². The number of H-pyrrole nitrogens is 1. The van der Waals surface area contributed by atoms with Crippen molar-refractivity contribution in [3.05, 3.63) is 46.3 Å². The van der Waals surface area contributed by atoms with Gasteiger partial charge in [0, 0.05) is 12.4 Å². The minimum atomic E-state index is 0.236. The molecule has 14 heavy (non-hydrogen) atoms. The fraction of sp³-hybridized carbons (Fsp3) is 0. The van der Waals surface area contributed by atoms with Crippen LogP contribution >= 0.6 is 23.2 Å². The van der Waals surface area contributed by atoms with Crippen molar-refractivity contribution in [2.24, 2.45) is 0 Å². The summed E-state index contributed by atoms with van der Waals surface area (Å²) >= 11 is 12.0. The van der Waals surface area contributed by atoms with Crippen molar-refractivity contribution in [1.82, 2.24) is 9.55 Å². The minimum absolute atomic E-state index is 0.236. The third kappa shape index (κ3) is 1.45. The Balaban J connectivity index is 2.74. The predicted octanol–water partition coefficient (Wildman–Crippen LogP) is 2.59. The molecule has 0 aliphatic carbocycles. The van der Waals surface area contributed by atoms with Crippen molar-refractivity contribution in [2.75, 3.05) is 0 Å². The Hall–Kier alpha value is -1.19. The third-order valence-corrected chi connectivity index (χ3v) is 2.47. The van der Waals surface area contributed by atoms with Gasteiger partial charge in [0.15, 0.2) is 0 Å². The van der Waals surface area contributed by atoms with Gasteiger partial charge in [-0.05, 0) is 12.1 Å². The maximum absolute atomic E-state index is 7.57. The number of benzene rings is 1. The van der Waals surface area contributed by atoms with Crippen LogP contribution in [0, 0.1) is 5.41 Å². The van der Waals surface area contributed by atoms with Crippen molar-refractivity contribution in [2.45, 2.75) is 0 Å². The first kappa shape index (κ1) is 9.37. The van der Waals surface area contributed by atoms with Crippen LogP contribution in [0.25, 0.3) is 5.69 Å². The quantitative estimate of drug-likeness (QED) is 0.753.